The lowest BCUT2D eigenvalue weighted by atomic mass is 10.1. The molecule has 0 spiro atoms. The molecule has 0 aliphatic heterocycles. The Kier molecular flexibility index (Phi) is 4.61. The van der Waals surface area contributed by atoms with Crippen LogP contribution in [-0.2, 0) is 6.42 Å². The molecule has 0 aliphatic rings. The first kappa shape index (κ1) is 14.1. The van der Waals surface area contributed by atoms with Crippen LogP contribution in [0.4, 0.5) is 11.4 Å². The SMILES string of the molecule is CC(=O)c1ccc(NCCc2ccc(Br)s2)cc1N. The number of benzene rings is 1. The van der Waals surface area contributed by atoms with Crippen LogP contribution in [0.15, 0.2) is 34.1 Å². The molecule has 2 aromatic rings. The topological polar surface area (TPSA) is 55.1 Å². The van der Waals surface area contributed by atoms with Gasteiger partial charge in [0, 0.05) is 28.4 Å². The van der Waals surface area contributed by atoms with Gasteiger partial charge in [-0.3, -0.25) is 4.79 Å². The summed E-state index contributed by atoms with van der Waals surface area (Å²) >= 11 is 5.19. The molecule has 5 heteroatoms. The molecular formula is C14H15BrN2OS. The first-order valence-corrected chi connectivity index (χ1v) is 7.56. The zero-order valence-electron chi connectivity index (χ0n) is 10.6. The molecule has 0 fully saturated rings. The number of hydrogen-bond acceptors (Lipinski definition) is 4. The fraction of sp³-hybridized carbons (Fsp3) is 0.214. The largest absolute Gasteiger partial charge is 0.398 e. The standard InChI is InChI=1S/C14H15BrN2OS/c1-9(18)12-4-2-10(8-13(12)16)17-7-6-11-3-5-14(15)19-11/h2-5,8,17H,6-7,16H2,1H3. The molecule has 1 heterocycles. The van der Waals surface area contributed by atoms with Gasteiger partial charge in [-0.2, -0.15) is 0 Å². The summed E-state index contributed by atoms with van der Waals surface area (Å²) < 4.78 is 1.15. The Morgan fingerprint density at radius 1 is 1.37 bits per heavy atom. The average molecular weight is 339 g/mol. The van der Waals surface area contributed by atoms with Crippen LogP contribution in [-0.4, -0.2) is 12.3 Å². The summed E-state index contributed by atoms with van der Waals surface area (Å²) in [5.74, 6) is -0.00696. The maximum absolute atomic E-state index is 11.3. The molecule has 3 N–H and O–H groups in total. The first-order chi connectivity index (χ1) is 9.06. The molecule has 100 valence electrons. The molecule has 0 bridgehead atoms. The van der Waals surface area contributed by atoms with Crippen molar-refractivity contribution in [2.45, 2.75) is 13.3 Å². The van der Waals surface area contributed by atoms with E-state index in [1.54, 1.807) is 23.5 Å². The molecular weight excluding hydrogens is 324 g/mol. The van der Waals surface area contributed by atoms with Crippen molar-refractivity contribution in [2.75, 3.05) is 17.6 Å². The highest BCUT2D eigenvalue weighted by Gasteiger charge is 2.05. The van der Waals surface area contributed by atoms with Gasteiger partial charge in [0.25, 0.3) is 0 Å². The van der Waals surface area contributed by atoms with Crippen LogP contribution in [0.2, 0.25) is 0 Å². The number of anilines is 2. The predicted molar refractivity (Wildman–Crippen MR) is 85.1 cm³/mol. The maximum atomic E-state index is 11.3. The van der Waals surface area contributed by atoms with Gasteiger partial charge < -0.3 is 11.1 Å². The predicted octanol–water partition coefficient (Wildman–Crippen LogP) is 3.95. The second kappa shape index (κ2) is 6.21. The molecule has 0 radical (unpaired) electrons. The summed E-state index contributed by atoms with van der Waals surface area (Å²) in [6, 6.07) is 9.63. The number of rotatable bonds is 5. The van der Waals surface area contributed by atoms with E-state index in [0.29, 0.717) is 11.3 Å². The number of nitrogen functional groups attached to an aromatic ring is 1. The zero-order chi connectivity index (χ0) is 13.8. The van der Waals surface area contributed by atoms with Crippen molar-refractivity contribution in [3.8, 4) is 0 Å². The van der Waals surface area contributed by atoms with Crippen molar-refractivity contribution in [1.82, 2.24) is 0 Å². The van der Waals surface area contributed by atoms with Crippen molar-refractivity contribution in [2.24, 2.45) is 0 Å². The highest BCUT2D eigenvalue weighted by molar-refractivity contribution is 9.11. The van der Waals surface area contributed by atoms with Gasteiger partial charge in [-0.05, 0) is 59.6 Å². The van der Waals surface area contributed by atoms with Gasteiger partial charge in [0.05, 0.1) is 3.79 Å². The number of carbonyl (C=O) groups excluding carboxylic acids is 1. The lowest BCUT2D eigenvalue weighted by Gasteiger charge is -2.08. The van der Waals surface area contributed by atoms with Gasteiger partial charge >= 0.3 is 0 Å². The highest BCUT2D eigenvalue weighted by Crippen LogP contribution is 2.23. The van der Waals surface area contributed by atoms with E-state index in [1.165, 1.54) is 11.8 Å². The molecule has 0 saturated carbocycles. The van der Waals surface area contributed by atoms with Crippen molar-refractivity contribution in [3.63, 3.8) is 0 Å². The number of hydrogen-bond donors (Lipinski definition) is 2. The molecule has 1 aromatic carbocycles. The molecule has 1 aromatic heterocycles. The number of carbonyl (C=O) groups is 1. The molecule has 0 atom stereocenters. The zero-order valence-corrected chi connectivity index (χ0v) is 13.0. The van der Waals surface area contributed by atoms with Crippen LogP contribution in [0.1, 0.15) is 22.2 Å². The third kappa shape index (κ3) is 3.81. The van der Waals surface area contributed by atoms with Gasteiger partial charge in [0.2, 0.25) is 0 Å². The molecule has 3 nitrogen and oxygen atoms in total. The van der Waals surface area contributed by atoms with Crippen LogP contribution >= 0.6 is 27.3 Å². The third-order valence-electron chi connectivity index (χ3n) is 2.76. The van der Waals surface area contributed by atoms with Gasteiger partial charge in [0.15, 0.2) is 5.78 Å². The normalized spacial score (nSPS) is 10.4. The summed E-state index contributed by atoms with van der Waals surface area (Å²) in [5.41, 5.74) is 7.89. The minimum absolute atomic E-state index is 0.00696. The quantitative estimate of drug-likeness (QED) is 0.641. The Hall–Kier alpha value is -1.33. The summed E-state index contributed by atoms with van der Waals surface area (Å²) in [6.07, 6.45) is 0.963. The van der Waals surface area contributed by atoms with Crippen LogP contribution in [0.25, 0.3) is 0 Å². The second-order valence-electron chi connectivity index (χ2n) is 4.24. The summed E-state index contributed by atoms with van der Waals surface area (Å²) in [5, 5.41) is 3.31. The number of nitrogens with two attached hydrogens (primary N) is 1. The van der Waals surface area contributed by atoms with E-state index in [1.807, 2.05) is 6.07 Å². The number of nitrogens with one attached hydrogen (secondary N) is 1. The van der Waals surface area contributed by atoms with Crippen LogP contribution < -0.4 is 11.1 Å². The van der Waals surface area contributed by atoms with Crippen molar-refractivity contribution in [3.05, 3.63) is 44.6 Å². The van der Waals surface area contributed by atoms with Crippen molar-refractivity contribution >= 4 is 44.4 Å². The summed E-state index contributed by atoms with van der Waals surface area (Å²) in [6.45, 7) is 2.36. The Labute approximate surface area is 125 Å². The molecule has 0 amide bonds. The summed E-state index contributed by atoms with van der Waals surface area (Å²) in [7, 11) is 0. The smallest absolute Gasteiger partial charge is 0.161 e. The maximum Gasteiger partial charge on any atom is 0.161 e. The van der Waals surface area contributed by atoms with Gasteiger partial charge in [-0.15, -0.1) is 11.3 Å². The van der Waals surface area contributed by atoms with E-state index in [0.717, 1.165) is 22.4 Å². The lowest BCUT2D eigenvalue weighted by molar-refractivity contribution is 0.101. The van der Waals surface area contributed by atoms with E-state index in [4.69, 9.17) is 5.73 Å². The highest BCUT2D eigenvalue weighted by atomic mass is 79.9. The summed E-state index contributed by atoms with van der Waals surface area (Å²) in [4.78, 5) is 12.6. The van der Waals surface area contributed by atoms with E-state index in [-0.39, 0.29) is 5.78 Å². The lowest BCUT2D eigenvalue weighted by Crippen LogP contribution is -2.06. The number of ketones is 1. The van der Waals surface area contributed by atoms with Crippen LogP contribution in [0.3, 0.4) is 0 Å². The number of thiophene rings is 1. The number of halogens is 1. The van der Waals surface area contributed by atoms with Gasteiger partial charge in [-0.25, -0.2) is 0 Å². The minimum Gasteiger partial charge on any atom is -0.398 e. The van der Waals surface area contributed by atoms with Crippen LogP contribution in [0.5, 0.6) is 0 Å². The second-order valence-corrected chi connectivity index (χ2v) is 6.79. The van der Waals surface area contributed by atoms with E-state index in [2.05, 4.69) is 33.4 Å². The molecule has 0 unspecified atom stereocenters. The Morgan fingerprint density at radius 3 is 2.74 bits per heavy atom. The average Bonchev–Trinajstić information content (AvgIpc) is 2.75. The van der Waals surface area contributed by atoms with Crippen LogP contribution in [0, 0.1) is 0 Å². The first-order valence-electron chi connectivity index (χ1n) is 5.95. The van der Waals surface area contributed by atoms with Gasteiger partial charge in [-0.1, -0.05) is 0 Å². The molecule has 0 saturated heterocycles. The number of Topliss-reactive ketones (excluding diaryl/α,β-unsaturated/α-hetero) is 1. The Morgan fingerprint density at radius 2 is 2.16 bits per heavy atom. The fourth-order valence-corrected chi connectivity index (χ4v) is 3.29. The molecule has 2 rings (SSSR count). The Bertz CT molecular complexity index is 595. The van der Waals surface area contributed by atoms with Gasteiger partial charge in [0.1, 0.15) is 0 Å². The minimum atomic E-state index is -0.00696. The third-order valence-corrected chi connectivity index (χ3v) is 4.44. The van der Waals surface area contributed by atoms with E-state index >= 15 is 0 Å². The Balaban J connectivity index is 1.93. The fourth-order valence-electron chi connectivity index (χ4n) is 1.81. The van der Waals surface area contributed by atoms with E-state index < -0.39 is 0 Å². The van der Waals surface area contributed by atoms with E-state index in [9.17, 15) is 4.79 Å². The van der Waals surface area contributed by atoms with Crippen molar-refractivity contribution in [1.29, 1.82) is 0 Å². The molecule has 0 aliphatic carbocycles. The molecule has 19 heavy (non-hydrogen) atoms. The van der Waals surface area contributed by atoms with Crippen molar-refractivity contribution < 1.29 is 4.79 Å². The monoisotopic (exact) mass is 338 g/mol.